The Morgan fingerprint density at radius 3 is 1.13 bits per heavy atom. The summed E-state index contributed by atoms with van der Waals surface area (Å²) in [6.07, 6.45) is 30.8. The number of aliphatic carboxylic acids is 1. The third kappa shape index (κ3) is 44.4. The molecule has 0 radical (unpaired) electrons. The van der Waals surface area contributed by atoms with E-state index in [-0.39, 0.29) is 107 Å². The number of halogens is 7. The molecule has 1 amide bonds. The van der Waals surface area contributed by atoms with Crippen molar-refractivity contribution in [1.29, 1.82) is 0 Å². The number of likely N-dealkylation sites (N-methyl/N-ethyl adjacent to an activating group) is 2. The number of nitrogens with one attached hydrogen (secondary N) is 1. The maximum Gasteiger partial charge on any atom is 0.762 e. The highest BCUT2D eigenvalue weighted by Gasteiger charge is 2.43. The molecular formula is C113H148BCl3F4N4O18S. The summed E-state index contributed by atoms with van der Waals surface area (Å²) in [6.45, 7) is 54.1. The van der Waals surface area contributed by atoms with Crippen LogP contribution in [0.5, 0.6) is 0 Å². The fourth-order valence-electron chi connectivity index (χ4n) is 14.6. The van der Waals surface area contributed by atoms with E-state index >= 15 is 0 Å². The van der Waals surface area contributed by atoms with Gasteiger partial charge in [0.2, 0.25) is 23.0 Å². The van der Waals surface area contributed by atoms with Crippen molar-refractivity contribution in [3.05, 3.63) is 345 Å². The zero-order chi connectivity index (χ0) is 107. The number of esters is 2. The molecule has 10 rings (SSSR count). The molecule has 2 aliphatic heterocycles. The van der Waals surface area contributed by atoms with E-state index < -0.39 is 40.6 Å². The quantitative estimate of drug-likeness (QED) is 0.00343. The van der Waals surface area contributed by atoms with Gasteiger partial charge in [0, 0.05) is 105 Å². The van der Waals surface area contributed by atoms with E-state index in [4.69, 9.17) is 85.7 Å². The number of anilines is 2. The highest BCUT2D eigenvalue weighted by Crippen LogP contribution is 2.50. The number of rotatable bonds is 45. The molecule has 0 saturated heterocycles. The molecule has 786 valence electrons. The summed E-state index contributed by atoms with van der Waals surface area (Å²) >= 11 is 12.9. The first-order valence-corrected chi connectivity index (χ1v) is 50.4. The minimum atomic E-state index is -4.94. The highest BCUT2D eigenvalue weighted by molar-refractivity contribution is 7.97. The van der Waals surface area contributed by atoms with Crippen LogP contribution in [0.15, 0.2) is 338 Å². The Hall–Kier alpha value is -10.6. The summed E-state index contributed by atoms with van der Waals surface area (Å²) in [7, 11) is -2.89. The van der Waals surface area contributed by atoms with E-state index in [1.807, 2.05) is 78.8 Å². The van der Waals surface area contributed by atoms with Crippen LogP contribution in [0.1, 0.15) is 172 Å². The molecule has 0 bridgehead atoms. The second kappa shape index (κ2) is 66.5. The van der Waals surface area contributed by atoms with Crippen LogP contribution in [0.3, 0.4) is 0 Å². The fraction of sp³-hybridized carbons (Fsp3) is 0.389. The Labute approximate surface area is 867 Å². The van der Waals surface area contributed by atoms with Crippen LogP contribution in [-0.2, 0) is 84.4 Å². The average molecular weight is 2080 g/mol. The van der Waals surface area contributed by atoms with Gasteiger partial charge in [-0.25, -0.2) is 52.8 Å². The summed E-state index contributed by atoms with van der Waals surface area (Å²) in [5.74, 6) is -1.36. The molecule has 0 atom stereocenters. The second-order valence-corrected chi connectivity index (χ2v) is 40.2. The number of carbonyl (C=O) groups excluding carboxylic acids is 3. The molecule has 7 aromatic carbocycles. The van der Waals surface area contributed by atoms with Gasteiger partial charge < -0.3 is 39.1 Å². The number of benzene rings is 7. The minimum Gasteiger partial charge on any atom is -1.00 e. The number of para-hydroxylation sites is 2. The lowest BCUT2D eigenvalue weighted by molar-refractivity contribution is -2.00. The van der Waals surface area contributed by atoms with Crippen LogP contribution in [-0.4, -0.2) is 129 Å². The monoisotopic (exact) mass is 2070 g/mol. The van der Waals surface area contributed by atoms with Crippen molar-refractivity contribution in [2.75, 3.05) is 97.0 Å². The number of allylic oxidation sites excluding steroid dienone is 11. The Kier molecular flexibility index (Phi) is 59.8. The molecule has 0 unspecified atom stereocenters. The molecule has 1 saturated carbocycles. The van der Waals surface area contributed by atoms with Crippen LogP contribution in [0.4, 0.5) is 35.7 Å². The molecule has 31 heteroatoms. The van der Waals surface area contributed by atoms with Crippen molar-refractivity contribution >= 4 is 93.9 Å². The molecule has 2 heterocycles. The first-order chi connectivity index (χ1) is 67.7. The number of carboxylic acids is 1. The van der Waals surface area contributed by atoms with Gasteiger partial charge in [-0.05, 0) is 200 Å². The average Bonchev–Trinajstić information content (AvgIpc) is 1.59. The number of hydrogen-bond donors (Lipinski definition) is 2. The zero-order valence-electron chi connectivity index (χ0n) is 86.4. The molecule has 144 heavy (non-hydrogen) atoms. The topological polar surface area (TPSA) is 285 Å². The molecule has 3 aliphatic rings. The van der Waals surface area contributed by atoms with Gasteiger partial charge >= 0.3 is 25.5 Å². The standard InChI is InChI=1S/C43H42Cl2N3.C28H46O7.C18H15S.C11H19NO3.C7H14O2.C6H12O2.BF3.ClHO4.FH/c1-42(2)35-27-31(44)21-23-37(35)46(5)39(42)25-19-29-17-18-30(20-26-40-43(3,4)36-28-32(45)22-24-38(36)47(40)6)41(29)48(33-13-9-7-10-14-33)34-15-11-8-12-16-34;1-7-13-16-27(17-14-8-2,18-15-9-3)22-29-23-28(24-33-30-19-10-4,25-34-31-20-11-5)26-35-32-21-12-6;1-4-10-16(11-5-1)19(17-12-6-2-7-13-17)18-14-8-3-9-15-18;1-5-9(13)15-8-7-12-10(14)11(3,4)6-2;1-5-7(2,3)6(8)9-4;1-4-6(2,3)5(7)8;2-1(3)4;2-1(3,4)5;/h7-16,19-28H,17-18H2,1-6H3;7-12H,1-6,13-26H2;1-15H;5H,1,6-8H2,2-4H3,(H,12,14);5H2,1-4H3;4H2,1-3H3,(H,7,8);;(H,2,3,4,5);1H/q+1;;+1;;;;;;/p-2. The predicted molar refractivity (Wildman–Crippen MR) is 564 cm³/mol. The number of carbonyl (C=O) groups is 4. The Balaban J connectivity index is 0.000000634. The Morgan fingerprint density at radius 2 is 0.840 bits per heavy atom. The van der Waals surface area contributed by atoms with E-state index in [1.165, 1.54) is 72.5 Å². The molecular weight excluding hydrogens is 1930 g/mol. The van der Waals surface area contributed by atoms with E-state index in [9.17, 15) is 32.1 Å². The normalized spacial score (nSPS) is 14.3. The van der Waals surface area contributed by atoms with Crippen LogP contribution in [0.25, 0.3) is 0 Å². The summed E-state index contributed by atoms with van der Waals surface area (Å²) < 4.78 is 81.0. The molecule has 7 aromatic rings. The van der Waals surface area contributed by atoms with Gasteiger partial charge in [0.1, 0.15) is 26.4 Å². The highest BCUT2D eigenvalue weighted by atomic mass is 35.7. The SMILES string of the molecule is C=CC(=O)OCCNC(=O)C(C)(C)CC.C=CCCC(CCC=C)(CCC=C)COCC(COOCC=C)(COOCC=C)COOCC=C.CCC(C)(C)C(=O)O.CCC(C)(C)C(=O)OC.CN1C(=CC=C2CC/C(=C\C=C3\N(C)c4ccc(Cl)cc4C3(C)C)C2=[N+](c2ccccc2)c2ccccc2)C(C)(C)c2cc(Cl)ccc21.FB(F)F.[F-].[O-][Cl+3]([O-])([O-])[O-].c1ccc([S+](c2ccccc2)c2ccccc2)cc1. The lowest BCUT2D eigenvalue weighted by Gasteiger charge is -2.36. The van der Waals surface area contributed by atoms with Crippen molar-refractivity contribution in [1.82, 2.24) is 9.89 Å². The van der Waals surface area contributed by atoms with Crippen molar-refractivity contribution in [2.45, 2.75) is 186 Å². The lowest BCUT2D eigenvalue weighted by atomic mass is 9.76. The number of fused-ring (bicyclic) bond motifs is 2. The number of amides is 1. The number of carboxylic acid groups (broad SMARTS) is 1. The third-order valence-electron chi connectivity index (χ3n) is 24.1. The molecule has 22 nitrogen and oxygen atoms in total. The van der Waals surface area contributed by atoms with Crippen LogP contribution >= 0.6 is 23.2 Å². The van der Waals surface area contributed by atoms with Gasteiger partial charge in [-0.3, -0.25) is 27.3 Å². The Morgan fingerprint density at radius 1 is 0.507 bits per heavy atom. The summed E-state index contributed by atoms with van der Waals surface area (Å²) in [5.41, 5.74) is 11.2. The van der Waals surface area contributed by atoms with Crippen molar-refractivity contribution in [3.8, 4) is 0 Å². The number of hydrogen-bond acceptors (Lipinski definition) is 19. The van der Waals surface area contributed by atoms with E-state index in [1.54, 1.807) is 32.1 Å². The van der Waals surface area contributed by atoms with Crippen molar-refractivity contribution in [3.63, 3.8) is 0 Å². The molecule has 1 fully saturated rings. The summed E-state index contributed by atoms with van der Waals surface area (Å²) in [5, 5.41) is 12.7. The van der Waals surface area contributed by atoms with Crippen molar-refractivity contribution < 1.29 is 114 Å². The summed E-state index contributed by atoms with van der Waals surface area (Å²) in [6, 6.07) is 66.1. The van der Waals surface area contributed by atoms with Crippen LogP contribution in [0.2, 0.25) is 10.0 Å². The molecule has 0 spiro atoms. The second-order valence-electron chi connectivity index (χ2n) is 36.5. The largest absolute Gasteiger partial charge is 1.00 e. The number of methoxy groups -OCH3 is 1. The van der Waals surface area contributed by atoms with E-state index in [2.05, 4.69) is 313 Å². The third-order valence-corrected chi connectivity index (χ3v) is 26.8. The van der Waals surface area contributed by atoms with Crippen LogP contribution in [0, 0.1) is 37.3 Å². The first-order valence-electron chi connectivity index (χ1n) is 47.2. The lowest BCUT2D eigenvalue weighted by Crippen LogP contribution is -3.00. The zero-order valence-corrected chi connectivity index (χ0v) is 89.5. The van der Waals surface area contributed by atoms with Gasteiger partial charge in [0.15, 0.2) is 14.7 Å². The van der Waals surface area contributed by atoms with Gasteiger partial charge in [-0.15, -0.1) is 49.7 Å². The van der Waals surface area contributed by atoms with Crippen LogP contribution < -0.4 is 43.0 Å². The van der Waals surface area contributed by atoms with Crippen molar-refractivity contribution in [2.24, 2.45) is 27.1 Å². The van der Waals surface area contributed by atoms with E-state index in [0.717, 1.165) is 91.7 Å². The maximum absolute atomic E-state index is 11.5. The molecule has 1 aliphatic carbocycles. The maximum atomic E-state index is 11.5. The van der Waals surface area contributed by atoms with Gasteiger partial charge in [-0.2, -0.15) is 4.58 Å². The summed E-state index contributed by atoms with van der Waals surface area (Å²) in [4.78, 5) is 83.8. The van der Waals surface area contributed by atoms with E-state index in [0.29, 0.717) is 19.6 Å². The molecule has 0 aromatic heterocycles. The fourth-order valence-corrected chi connectivity index (χ4v) is 17.1. The smallest absolute Gasteiger partial charge is 0.762 e. The first kappa shape index (κ1) is 129. The van der Waals surface area contributed by atoms with Gasteiger partial charge in [0.05, 0.1) is 73.8 Å². The number of ether oxygens (including phenoxy) is 3. The predicted octanol–water partition coefficient (Wildman–Crippen LogP) is 20.1. The minimum absolute atomic E-state index is 0. The molecule has 2 N–H and O–H groups in total. The van der Waals surface area contributed by atoms with Gasteiger partial charge in [0.25, 0.3) is 0 Å². The Bertz CT molecular complexity index is 4940. The van der Waals surface area contributed by atoms with Gasteiger partial charge in [-0.1, -0.05) is 232 Å². The number of nitrogens with zero attached hydrogens (tertiary/aromatic N) is 3.